The third-order valence-electron chi connectivity index (χ3n) is 5.43. The summed E-state index contributed by atoms with van der Waals surface area (Å²) in [4.78, 5) is 14.9. The number of ether oxygens (including phenoxy) is 2. The van der Waals surface area contributed by atoms with E-state index in [1.807, 2.05) is 0 Å². The Morgan fingerprint density at radius 2 is 1.83 bits per heavy atom. The van der Waals surface area contributed by atoms with Crippen LogP contribution in [0.5, 0.6) is 17.2 Å². The summed E-state index contributed by atoms with van der Waals surface area (Å²) < 4.78 is 23.1. The van der Waals surface area contributed by atoms with Gasteiger partial charge in [-0.25, -0.2) is 0 Å². The summed E-state index contributed by atoms with van der Waals surface area (Å²) in [5.41, 5.74) is 1.28. The van der Waals surface area contributed by atoms with Crippen molar-refractivity contribution in [1.82, 2.24) is 10.2 Å². The van der Waals surface area contributed by atoms with Crippen molar-refractivity contribution in [3.05, 3.63) is 53.6 Å². The average molecular weight is 416 g/mol. The van der Waals surface area contributed by atoms with Crippen LogP contribution in [0.2, 0.25) is 0 Å². The number of nitrogens with zero attached hydrogens (tertiary/aromatic N) is 1. The lowest BCUT2D eigenvalue weighted by Gasteiger charge is -2.29. The number of halogens is 1. The zero-order valence-electron chi connectivity index (χ0n) is 16.5. The summed E-state index contributed by atoms with van der Waals surface area (Å²) in [7, 11) is 0. The maximum atomic E-state index is 13.3. The monoisotopic (exact) mass is 416 g/mol. The fourth-order valence-corrected chi connectivity index (χ4v) is 3.88. The molecule has 1 amide bonds. The van der Waals surface area contributed by atoms with E-state index in [2.05, 4.69) is 10.2 Å². The van der Waals surface area contributed by atoms with Crippen LogP contribution in [-0.4, -0.2) is 53.2 Å². The summed E-state index contributed by atoms with van der Waals surface area (Å²) in [5, 5.41) is 23.4. The van der Waals surface area contributed by atoms with Crippen LogP contribution in [0.4, 0.5) is 4.39 Å². The number of phenolic OH excluding ortho intramolecular Hbond substituents is 1. The molecule has 8 heteroatoms. The van der Waals surface area contributed by atoms with E-state index in [0.717, 1.165) is 31.5 Å². The molecule has 0 aliphatic carbocycles. The maximum Gasteiger partial charge on any atom is 0.397 e. The molecule has 2 aliphatic heterocycles. The predicted molar refractivity (Wildman–Crippen MR) is 107 cm³/mol. The number of hydrogen-bond acceptors (Lipinski definition) is 6. The predicted octanol–water partition coefficient (Wildman–Crippen LogP) is 2.27. The van der Waals surface area contributed by atoms with Crippen LogP contribution in [0.1, 0.15) is 30.1 Å². The SMILES string of the molecule is O=C(Cc1ccc(O)cc1)N[C@H](CN1CCCC1)[C@H](O)c1ccc2c(c1)OC(F)O2. The number of aromatic hydroxyl groups is 1. The number of benzene rings is 2. The molecule has 0 saturated carbocycles. The first kappa shape index (κ1) is 20.4. The minimum Gasteiger partial charge on any atom is -0.508 e. The molecule has 0 spiro atoms. The molecule has 2 aromatic carbocycles. The van der Waals surface area contributed by atoms with Crippen molar-refractivity contribution in [2.45, 2.75) is 38.0 Å². The smallest absolute Gasteiger partial charge is 0.397 e. The number of phenols is 1. The van der Waals surface area contributed by atoms with E-state index in [1.165, 1.54) is 12.1 Å². The second kappa shape index (κ2) is 8.89. The number of hydrogen-bond donors (Lipinski definition) is 3. The Bertz CT molecular complexity index is 886. The lowest BCUT2D eigenvalue weighted by Crippen LogP contribution is -2.47. The van der Waals surface area contributed by atoms with Crippen LogP contribution >= 0.6 is 0 Å². The van der Waals surface area contributed by atoms with Crippen molar-refractivity contribution in [2.75, 3.05) is 19.6 Å². The molecule has 4 rings (SSSR count). The van der Waals surface area contributed by atoms with Crippen molar-refractivity contribution in [3.63, 3.8) is 0 Å². The second-order valence-corrected chi connectivity index (χ2v) is 7.69. The third kappa shape index (κ3) is 4.83. The topological polar surface area (TPSA) is 91.3 Å². The van der Waals surface area contributed by atoms with Gasteiger partial charge in [0.1, 0.15) is 11.9 Å². The minimum atomic E-state index is -1.85. The lowest BCUT2D eigenvalue weighted by atomic mass is 10.0. The number of nitrogens with one attached hydrogen (secondary N) is 1. The van der Waals surface area contributed by atoms with Crippen molar-refractivity contribution in [2.24, 2.45) is 0 Å². The van der Waals surface area contributed by atoms with E-state index in [-0.39, 0.29) is 29.6 Å². The zero-order valence-corrected chi connectivity index (χ0v) is 16.5. The molecule has 3 atom stereocenters. The standard InChI is InChI=1S/C22H25FN2O5/c23-22-29-18-8-5-15(12-19(18)30-22)21(28)17(13-25-9-1-2-10-25)24-20(27)11-14-3-6-16(26)7-4-14/h3-8,12,17,21-22,26,28H,1-2,9-11,13H2,(H,24,27)/t17-,21-,22?/m1/s1. The quantitative estimate of drug-likeness (QED) is 0.642. The number of rotatable bonds is 7. The van der Waals surface area contributed by atoms with Crippen LogP contribution in [0.3, 0.4) is 0 Å². The molecule has 1 saturated heterocycles. The minimum absolute atomic E-state index is 0.133. The van der Waals surface area contributed by atoms with Gasteiger partial charge in [0.2, 0.25) is 5.91 Å². The molecule has 0 aromatic heterocycles. The van der Waals surface area contributed by atoms with Crippen LogP contribution in [0.25, 0.3) is 0 Å². The Balaban J connectivity index is 1.48. The van der Waals surface area contributed by atoms with Crippen molar-refractivity contribution >= 4 is 5.91 Å². The number of likely N-dealkylation sites (tertiary alicyclic amines) is 1. The summed E-state index contributed by atoms with van der Waals surface area (Å²) >= 11 is 0. The van der Waals surface area contributed by atoms with E-state index < -0.39 is 18.7 Å². The Morgan fingerprint density at radius 1 is 1.13 bits per heavy atom. The van der Waals surface area contributed by atoms with Gasteiger partial charge in [-0.1, -0.05) is 18.2 Å². The van der Waals surface area contributed by atoms with Crippen LogP contribution in [0, 0.1) is 0 Å². The maximum absolute atomic E-state index is 13.3. The second-order valence-electron chi connectivity index (χ2n) is 7.69. The molecule has 0 bridgehead atoms. The third-order valence-corrected chi connectivity index (χ3v) is 5.43. The molecule has 0 radical (unpaired) electrons. The lowest BCUT2D eigenvalue weighted by molar-refractivity contribution is -0.122. The first-order valence-electron chi connectivity index (χ1n) is 10.1. The average Bonchev–Trinajstić information content (AvgIpc) is 3.36. The molecule has 1 unspecified atom stereocenters. The van der Waals surface area contributed by atoms with E-state index in [1.54, 1.807) is 30.3 Å². The van der Waals surface area contributed by atoms with E-state index in [0.29, 0.717) is 12.1 Å². The van der Waals surface area contributed by atoms with E-state index >= 15 is 0 Å². The van der Waals surface area contributed by atoms with Crippen molar-refractivity contribution < 1.29 is 28.9 Å². The van der Waals surface area contributed by atoms with Crippen molar-refractivity contribution in [1.29, 1.82) is 0 Å². The highest BCUT2D eigenvalue weighted by Crippen LogP contribution is 2.37. The number of aliphatic hydroxyl groups excluding tert-OH is 1. The number of fused-ring (bicyclic) bond motifs is 1. The first-order chi connectivity index (χ1) is 14.5. The number of amides is 1. The summed E-state index contributed by atoms with van der Waals surface area (Å²) in [6.45, 7) is 0.490. The molecule has 3 N–H and O–H groups in total. The van der Waals surface area contributed by atoms with Gasteiger partial charge in [-0.15, -0.1) is 0 Å². The molecule has 2 aromatic rings. The summed E-state index contributed by atoms with van der Waals surface area (Å²) in [6.07, 6.45) is 1.31. The molecule has 1 fully saturated rings. The number of carbonyl (C=O) groups excluding carboxylic acids is 1. The summed E-state index contributed by atoms with van der Waals surface area (Å²) in [6, 6.07) is 10.6. The fourth-order valence-electron chi connectivity index (χ4n) is 3.88. The van der Waals surface area contributed by atoms with Gasteiger partial charge in [0.15, 0.2) is 11.5 Å². The van der Waals surface area contributed by atoms with Gasteiger partial charge in [-0.2, -0.15) is 4.39 Å². The van der Waals surface area contributed by atoms with Crippen LogP contribution in [-0.2, 0) is 11.2 Å². The molecule has 160 valence electrons. The highest BCUT2D eigenvalue weighted by Gasteiger charge is 2.29. The van der Waals surface area contributed by atoms with Crippen molar-refractivity contribution in [3.8, 4) is 17.2 Å². The zero-order chi connectivity index (χ0) is 21.1. The number of aliphatic hydroxyl groups is 1. The largest absolute Gasteiger partial charge is 0.508 e. The van der Waals surface area contributed by atoms with Gasteiger partial charge in [0.25, 0.3) is 0 Å². The number of carbonyl (C=O) groups is 1. The highest BCUT2D eigenvalue weighted by molar-refractivity contribution is 5.79. The molecular weight excluding hydrogens is 391 g/mol. The number of alkyl halides is 1. The van der Waals surface area contributed by atoms with E-state index in [4.69, 9.17) is 9.47 Å². The van der Waals surface area contributed by atoms with Gasteiger partial charge in [-0.3, -0.25) is 4.79 Å². The Hall–Kier alpha value is -2.84. The molecule has 2 aliphatic rings. The van der Waals surface area contributed by atoms with Gasteiger partial charge in [0.05, 0.1) is 12.5 Å². The Kier molecular flexibility index (Phi) is 6.06. The van der Waals surface area contributed by atoms with Gasteiger partial charge in [-0.05, 0) is 61.3 Å². The normalized spacial score (nSPS) is 20.1. The highest BCUT2D eigenvalue weighted by atomic mass is 19.2. The Labute approximate surface area is 174 Å². The Morgan fingerprint density at radius 3 is 2.57 bits per heavy atom. The molecular formula is C22H25FN2O5. The van der Waals surface area contributed by atoms with Gasteiger partial charge >= 0.3 is 6.54 Å². The molecule has 7 nitrogen and oxygen atoms in total. The fraction of sp³-hybridized carbons (Fsp3) is 0.409. The molecule has 30 heavy (non-hydrogen) atoms. The summed E-state index contributed by atoms with van der Waals surface area (Å²) in [5.74, 6) is 0.425. The van der Waals surface area contributed by atoms with Gasteiger partial charge in [0, 0.05) is 6.54 Å². The first-order valence-corrected chi connectivity index (χ1v) is 10.1. The molecule has 2 heterocycles. The van der Waals surface area contributed by atoms with Gasteiger partial charge < -0.3 is 29.9 Å². The van der Waals surface area contributed by atoms with Crippen LogP contribution < -0.4 is 14.8 Å². The van der Waals surface area contributed by atoms with E-state index in [9.17, 15) is 19.4 Å². The van der Waals surface area contributed by atoms with Crippen LogP contribution in [0.15, 0.2) is 42.5 Å².